The van der Waals surface area contributed by atoms with Gasteiger partial charge in [-0.05, 0) is 6.92 Å². The number of hydrogen-bond donors (Lipinski definition) is 2. The van der Waals surface area contributed by atoms with Crippen LogP contribution >= 0.6 is 12.4 Å². The van der Waals surface area contributed by atoms with Crippen molar-refractivity contribution in [2.24, 2.45) is 5.73 Å². The van der Waals surface area contributed by atoms with Gasteiger partial charge in [0.15, 0.2) is 0 Å². The Morgan fingerprint density at radius 3 is 1.71 bits per heavy atom. The molecule has 0 aromatic carbocycles. The maximum atomic E-state index is 9.44. The third-order valence-corrected chi connectivity index (χ3v) is 0. The Kier molecular flexibility index (Phi) is 11.9. The largest absolute Gasteiger partial charge is 1.00 e. The zero-order chi connectivity index (χ0) is 4.50. The van der Waals surface area contributed by atoms with Gasteiger partial charge in [-0.3, -0.25) is 0 Å². The second-order valence-corrected chi connectivity index (χ2v) is 1.05. The van der Waals surface area contributed by atoms with Crippen LogP contribution < -0.4 is 40.4 Å². The standard InChI is InChI=1S/C2H6NO2.ClH.Na/c1-2(3,4)5;;/h4H,3H2,1H3;1H;/q-1;;+1. The first-order valence-electron chi connectivity index (χ1n) is 1.22. The zero-order valence-corrected chi connectivity index (χ0v) is 7.16. The molecule has 1 atom stereocenters. The summed E-state index contributed by atoms with van der Waals surface area (Å²) in [5, 5.41) is 17.2. The first-order chi connectivity index (χ1) is 2.00. The van der Waals surface area contributed by atoms with E-state index in [2.05, 4.69) is 5.73 Å². The zero-order valence-electron chi connectivity index (χ0n) is 4.34. The SMILES string of the molecule is CC(N)([O-])O.Cl.[Na+]. The monoisotopic (exact) mass is 135 g/mol. The van der Waals surface area contributed by atoms with Gasteiger partial charge < -0.3 is 15.9 Å². The normalized spacial score (nSPS) is 15.4. The molecule has 0 saturated carbocycles. The van der Waals surface area contributed by atoms with Crippen LogP contribution in [0.25, 0.3) is 0 Å². The van der Waals surface area contributed by atoms with Crippen molar-refractivity contribution in [3.05, 3.63) is 0 Å². The van der Waals surface area contributed by atoms with E-state index in [9.17, 15) is 5.11 Å². The molecule has 7 heavy (non-hydrogen) atoms. The van der Waals surface area contributed by atoms with Gasteiger partial charge in [0.1, 0.15) is 0 Å². The molecular weight excluding hydrogens is 128 g/mol. The first-order valence-corrected chi connectivity index (χ1v) is 1.22. The molecule has 0 amide bonds. The molecule has 0 aliphatic rings. The van der Waals surface area contributed by atoms with Crippen molar-refractivity contribution in [1.82, 2.24) is 0 Å². The minimum absolute atomic E-state index is 0. The molecule has 0 aromatic heterocycles. The number of aliphatic hydroxyl groups is 1. The van der Waals surface area contributed by atoms with Gasteiger partial charge in [-0.15, -0.1) is 12.4 Å². The van der Waals surface area contributed by atoms with Gasteiger partial charge in [0.05, 0.1) is 0 Å². The van der Waals surface area contributed by atoms with Crippen LogP contribution in [-0.2, 0) is 0 Å². The van der Waals surface area contributed by atoms with Crippen molar-refractivity contribution in [3.63, 3.8) is 0 Å². The van der Waals surface area contributed by atoms with Crippen LogP contribution in [0.3, 0.4) is 0 Å². The van der Waals surface area contributed by atoms with Crippen LogP contribution in [0.4, 0.5) is 0 Å². The van der Waals surface area contributed by atoms with Crippen LogP contribution in [-0.4, -0.2) is 11.0 Å². The Morgan fingerprint density at radius 2 is 1.71 bits per heavy atom. The molecule has 0 fully saturated rings. The topological polar surface area (TPSA) is 69.3 Å². The summed E-state index contributed by atoms with van der Waals surface area (Å²) in [7, 11) is 0. The molecule has 0 bridgehead atoms. The number of hydrogen-bond acceptors (Lipinski definition) is 3. The minimum atomic E-state index is -2.25. The molecule has 0 heterocycles. The van der Waals surface area contributed by atoms with Crippen LogP contribution in [0.1, 0.15) is 6.92 Å². The number of halogens is 1. The van der Waals surface area contributed by atoms with Crippen molar-refractivity contribution in [1.29, 1.82) is 0 Å². The average Bonchev–Trinajstić information content (AvgIpc) is 0.722. The van der Waals surface area contributed by atoms with E-state index in [0.29, 0.717) is 0 Å². The van der Waals surface area contributed by atoms with E-state index in [-0.39, 0.29) is 42.0 Å². The summed E-state index contributed by atoms with van der Waals surface area (Å²) in [6.07, 6.45) is 0. The molecular formula is C2H7ClNNaO2. The summed E-state index contributed by atoms with van der Waals surface area (Å²) < 4.78 is 0. The van der Waals surface area contributed by atoms with Gasteiger partial charge >= 0.3 is 29.6 Å². The van der Waals surface area contributed by atoms with Gasteiger partial charge in [0.2, 0.25) is 0 Å². The Labute approximate surface area is 70.6 Å². The van der Waals surface area contributed by atoms with E-state index in [0.717, 1.165) is 6.92 Å². The van der Waals surface area contributed by atoms with Crippen molar-refractivity contribution >= 4 is 12.4 Å². The average molecular weight is 136 g/mol. The van der Waals surface area contributed by atoms with Crippen molar-refractivity contribution < 1.29 is 39.8 Å². The van der Waals surface area contributed by atoms with Gasteiger partial charge in [-0.2, -0.15) is 0 Å². The summed E-state index contributed by atoms with van der Waals surface area (Å²) in [5.74, 6) is -2.25. The molecule has 0 rings (SSSR count). The quantitative estimate of drug-likeness (QED) is 0.260. The van der Waals surface area contributed by atoms with E-state index in [4.69, 9.17) is 5.11 Å². The fourth-order valence-corrected chi connectivity index (χ4v) is 0. The summed E-state index contributed by atoms with van der Waals surface area (Å²) in [6, 6.07) is 0. The Balaban J connectivity index is -0.0000000800. The Morgan fingerprint density at radius 1 is 1.71 bits per heavy atom. The summed E-state index contributed by atoms with van der Waals surface area (Å²) >= 11 is 0. The van der Waals surface area contributed by atoms with Crippen LogP contribution in [0.15, 0.2) is 0 Å². The number of rotatable bonds is 0. The maximum Gasteiger partial charge on any atom is 1.00 e. The molecule has 5 heteroatoms. The summed E-state index contributed by atoms with van der Waals surface area (Å²) in [5.41, 5.74) is 4.35. The second kappa shape index (κ2) is 5.31. The van der Waals surface area contributed by atoms with Gasteiger partial charge in [0.25, 0.3) is 0 Å². The second-order valence-electron chi connectivity index (χ2n) is 1.05. The third kappa shape index (κ3) is 140. The van der Waals surface area contributed by atoms with Crippen molar-refractivity contribution in [3.8, 4) is 0 Å². The van der Waals surface area contributed by atoms with Gasteiger partial charge in [-0.1, -0.05) is 0 Å². The molecule has 0 aliphatic carbocycles. The summed E-state index contributed by atoms with van der Waals surface area (Å²) in [4.78, 5) is 0. The fourth-order valence-electron chi connectivity index (χ4n) is 0. The first kappa shape index (κ1) is 15.7. The van der Waals surface area contributed by atoms with E-state index in [1.807, 2.05) is 0 Å². The molecule has 3 N–H and O–H groups in total. The van der Waals surface area contributed by atoms with E-state index >= 15 is 0 Å². The van der Waals surface area contributed by atoms with E-state index in [1.165, 1.54) is 0 Å². The molecule has 0 aromatic rings. The van der Waals surface area contributed by atoms with Crippen molar-refractivity contribution in [2.45, 2.75) is 12.8 Å². The maximum absolute atomic E-state index is 9.44. The van der Waals surface area contributed by atoms with Crippen LogP contribution in [0.5, 0.6) is 0 Å². The van der Waals surface area contributed by atoms with Crippen molar-refractivity contribution in [2.75, 3.05) is 0 Å². The molecule has 0 aliphatic heterocycles. The summed E-state index contributed by atoms with van der Waals surface area (Å²) in [6.45, 7) is 0.965. The molecule has 0 radical (unpaired) electrons. The fraction of sp³-hybridized carbons (Fsp3) is 1.00. The van der Waals surface area contributed by atoms with E-state index in [1.54, 1.807) is 0 Å². The molecule has 1 unspecified atom stereocenters. The van der Waals surface area contributed by atoms with Crippen LogP contribution in [0.2, 0.25) is 0 Å². The number of nitrogens with two attached hydrogens (primary N) is 1. The van der Waals surface area contributed by atoms with Crippen LogP contribution in [0, 0.1) is 0 Å². The minimum Gasteiger partial charge on any atom is -0.817 e. The molecule has 3 nitrogen and oxygen atoms in total. The third-order valence-electron chi connectivity index (χ3n) is 0. The predicted octanol–water partition coefficient (Wildman–Crippen LogP) is -4.60. The Bertz CT molecular complexity index is 31.2. The molecule has 0 spiro atoms. The predicted molar refractivity (Wildman–Crippen MR) is 22.1 cm³/mol. The van der Waals surface area contributed by atoms with Gasteiger partial charge in [-0.25, -0.2) is 0 Å². The van der Waals surface area contributed by atoms with Gasteiger partial charge in [0, 0.05) is 5.91 Å². The smallest absolute Gasteiger partial charge is 0.817 e. The molecule has 0 saturated heterocycles. The molecule has 40 valence electrons. The Hall–Kier alpha value is 1.17. The van der Waals surface area contributed by atoms with E-state index < -0.39 is 5.91 Å².